The summed E-state index contributed by atoms with van der Waals surface area (Å²) >= 11 is 0. The number of amidine groups is 1. The van der Waals surface area contributed by atoms with Gasteiger partial charge in [-0.3, -0.25) is 4.98 Å². The maximum Gasteiger partial charge on any atom is 0.256 e. The van der Waals surface area contributed by atoms with E-state index < -0.39 is 17.4 Å². The molecule has 0 radical (unpaired) electrons. The molecule has 37 heavy (non-hydrogen) atoms. The number of hydrogen-bond acceptors (Lipinski definition) is 7. The van der Waals surface area contributed by atoms with E-state index in [0.29, 0.717) is 64.6 Å². The maximum atomic E-state index is 15.6. The first-order valence-corrected chi connectivity index (χ1v) is 11.8. The van der Waals surface area contributed by atoms with Gasteiger partial charge in [-0.2, -0.15) is 8.78 Å². The first kappa shape index (κ1) is 21.8. The number of aliphatic imine (C=N–C) groups is 1. The van der Waals surface area contributed by atoms with E-state index in [2.05, 4.69) is 15.0 Å². The number of nitrogens with zero attached hydrogens (tertiary/aromatic N) is 4. The van der Waals surface area contributed by atoms with Gasteiger partial charge in [0.2, 0.25) is 5.95 Å². The fraction of sp³-hybridized carbons (Fsp3) is 0.143. The Bertz CT molecular complexity index is 1670. The summed E-state index contributed by atoms with van der Waals surface area (Å²) in [7, 11) is 0. The fourth-order valence-corrected chi connectivity index (χ4v) is 5.30. The number of fused-ring (bicyclic) bond motifs is 6. The smallest absolute Gasteiger partial charge is 0.256 e. The van der Waals surface area contributed by atoms with E-state index in [4.69, 9.17) is 20.2 Å². The van der Waals surface area contributed by atoms with Crippen LogP contribution in [0.2, 0.25) is 0 Å². The molecule has 3 aromatic heterocycles. The van der Waals surface area contributed by atoms with Gasteiger partial charge in [0.25, 0.3) is 5.95 Å². The Labute approximate surface area is 210 Å². The lowest BCUT2D eigenvalue weighted by Gasteiger charge is -2.36. The summed E-state index contributed by atoms with van der Waals surface area (Å²) in [4.78, 5) is 17.4. The molecule has 0 amide bonds. The van der Waals surface area contributed by atoms with Crippen LogP contribution in [0.15, 0.2) is 72.0 Å². The van der Waals surface area contributed by atoms with Crippen LogP contribution in [0.5, 0.6) is 11.5 Å². The Kier molecular flexibility index (Phi) is 4.71. The second-order valence-corrected chi connectivity index (χ2v) is 9.01. The lowest BCUT2D eigenvalue weighted by molar-refractivity contribution is 0.164. The number of pyridine rings is 3. The van der Waals surface area contributed by atoms with Gasteiger partial charge < -0.3 is 15.2 Å². The highest BCUT2D eigenvalue weighted by Crippen LogP contribution is 2.56. The van der Waals surface area contributed by atoms with E-state index in [1.165, 1.54) is 6.20 Å². The maximum absolute atomic E-state index is 15.6. The molecule has 9 heteroatoms. The van der Waals surface area contributed by atoms with Gasteiger partial charge >= 0.3 is 0 Å². The number of ether oxygens (including phenoxy) is 2. The molecule has 7 nitrogen and oxygen atoms in total. The van der Waals surface area contributed by atoms with Gasteiger partial charge in [-0.25, -0.2) is 15.0 Å². The Balaban J connectivity index is 1.54. The third kappa shape index (κ3) is 3.14. The second-order valence-electron chi connectivity index (χ2n) is 9.01. The Hall–Kier alpha value is -4.50. The molecule has 4 aromatic rings. The first-order chi connectivity index (χ1) is 18.1. The van der Waals surface area contributed by atoms with Crippen molar-refractivity contribution in [2.24, 2.45) is 10.7 Å². The van der Waals surface area contributed by atoms with Crippen molar-refractivity contribution >= 4 is 11.4 Å². The van der Waals surface area contributed by atoms with Crippen LogP contribution in [-0.4, -0.2) is 34.0 Å². The molecule has 182 valence electrons. The number of hydrogen-bond donors (Lipinski definition) is 1. The average Bonchev–Trinajstić information content (AvgIpc) is 3.23. The highest BCUT2D eigenvalue weighted by molar-refractivity contribution is 6.02. The zero-order chi connectivity index (χ0) is 25.1. The van der Waals surface area contributed by atoms with Gasteiger partial charge in [0.15, 0.2) is 5.75 Å². The SMILES string of the molecule is NC1=NC2(c3cc(-c4cccnc4F)ccc3Oc3c2cc(C2=CCCOC2)nc3F)c2cccnc21. The quantitative estimate of drug-likeness (QED) is 0.404. The molecule has 7 rings (SSSR count). The monoisotopic (exact) mass is 495 g/mol. The number of halogens is 2. The van der Waals surface area contributed by atoms with Crippen molar-refractivity contribution in [3.63, 3.8) is 0 Å². The summed E-state index contributed by atoms with van der Waals surface area (Å²) in [6.45, 7) is 0.925. The Morgan fingerprint density at radius 3 is 2.62 bits per heavy atom. The number of benzene rings is 1. The van der Waals surface area contributed by atoms with Gasteiger partial charge in [0.05, 0.1) is 18.9 Å². The molecular formula is C28H19F2N5O2. The number of rotatable bonds is 2. The molecule has 0 saturated carbocycles. The molecule has 3 aliphatic heterocycles. The summed E-state index contributed by atoms with van der Waals surface area (Å²) in [5.74, 6) is -0.833. The molecule has 1 aromatic carbocycles. The summed E-state index contributed by atoms with van der Waals surface area (Å²) in [5.41, 5.74) is 9.41. The summed E-state index contributed by atoms with van der Waals surface area (Å²) in [6.07, 6.45) is 5.72. The van der Waals surface area contributed by atoms with Crippen molar-refractivity contribution in [2.75, 3.05) is 13.2 Å². The predicted octanol–water partition coefficient (Wildman–Crippen LogP) is 4.74. The van der Waals surface area contributed by atoms with Crippen LogP contribution in [0.25, 0.3) is 16.7 Å². The van der Waals surface area contributed by atoms with Gasteiger partial charge in [0.1, 0.15) is 22.8 Å². The molecule has 0 fully saturated rings. The van der Waals surface area contributed by atoms with Crippen molar-refractivity contribution < 1.29 is 18.3 Å². The van der Waals surface area contributed by atoms with Gasteiger partial charge in [-0.05, 0) is 54.0 Å². The van der Waals surface area contributed by atoms with Crippen LogP contribution in [0.1, 0.15) is 34.5 Å². The normalized spacial score (nSPS) is 19.4. The molecule has 2 N–H and O–H groups in total. The van der Waals surface area contributed by atoms with Crippen LogP contribution in [-0.2, 0) is 10.3 Å². The Morgan fingerprint density at radius 2 is 1.78 bits per heavy atom. The number of nitrogens with two attached hydrogens (primary N) is 1. The lowest BCUT2D eigenvalue weighted by atomic mass is 9.75. The topological polar surface area (TPSA) is 95.5 Å². The molecule has 0 saturated heterocycles. The van der Waals surface area contributed by atoms with E-state index in [1.807, 2.05) is 12.1 Å². The van der Waals surface area contributed by atoms with E-state index in [9.17, 15) is 4.39 Å². The van der Waals surface area contributed by atoms with Crippen LogP contribution in [0.3, 0.4) is 0 Å². The number of aromatic nitrogens is 3. The van der Waals surface area contributed by atoms with Gasteiger partial charge in [-0.1, -0.05) is 18.2 Å². The van der Waals surface area contributed by atoms with E-state index in [1.54, 1.807) is 48.7 Å². The van der Waals surface area contributed by atoms with E-state index in [0.717, 1.165) is 5.57 Å². The summed E-state index contributed by atoms with van der Waals surface area (Å²) in [6, 6.07) is 13.9. The molecule has 1 unspecified atom stereocenters. The molecule has 1 atom stereocenters. The van der Waals surface area contributed by atoms with Crippen molar-refractivity contribution in [1.82, 2.24) is 15.0 Å². The standard InChI is InChI=1S/C28H19F2N5O2/c29-25-17(5-1-10-33-25)15-7-8-22-19(12-15)28(18-6-2-9-32-23(18)27(31)35-28)20-13-21(16-4-3-11-36-14-16)34-26(30)24(20)37-22/h1-2,4-10,12-13H,3,11,14H2,(H2,31,35). The van der Waals surface area contributed by atoms with E-state index in [-0.39, 0.29) is 11.6 Å². The summed E-state index contributed by atoms with van der Waals surface area (Å²) < 4.78 is 41.9. The predicted molar refractivity (Wildman–Crippen MR) is 132 cm³/mol. The zero-order valence-electron chi connectivity index (χ0n) is 19.4. The van der Waals surface area contributed by atoms with Crippen LogP contribution in [0.4, 0.5) is 8.78 Å². The third-order valence-electron chi connectivity index (χ3n) is 6.94. The minimum atomic E-state index is -1.28. The summed E-state index contributed by atoms with van der Waals surface area (Å²) in [5, 5.41) is 0. The molecular weight excluding hydrogens is 476 g/mol. The molecule has 0 bridgehead atoms. The van der Waals surface area contributed by atoms with Gasteiger partial charge in [-0.15, -0.1) is 0 Å². The largest absolute Gasteiger partial charge is 0.452 e. The average molecular weight is 495 g/mol. The van der Waals surface area contributed by atoms with Crippen molar-refractivity contribution in [2.45, 2.75) is 12.0 Å². The Morgan fingerprint density at radius 1 is 0.919 bits per heavy atom. The third-order valence-corrected chi connectivity index (χ3v) is 6.94. The highest BCUT2D eigenvalue weighted by Gasteiger charge is 2.50. The van der Waals surface area contributed by atoms with Crippen LogP contribution < -0.4 is 10.5 Å². The van der Waals surface area contributed by atoms with Crippen LogP contribution >= 0.6 is 0 Å². The van der Waals surface area contributed by atoms with Crippen molar-refractivity contribution in [3.05, 3.63) is 107 Å². The highest BCUT2D eigenvalue weighted by atomic mass is 19.1. The second kappa shape index (κ2) is 8.01. The first-order valence-electron chi connectivity index (χ1n) is 11.8. The molecule has 0 aliphatic carbocycles. The van der Waals surface area contributed by atoms with Crippen LogP contribution in [0, 0.1) is 11.9 Å². The lowest BCUT2D eigenvalue weighted by Crippen LogP contribution is -2.31. The van der Waals surface area contributed by atoms with Gasteiger partial charge in [0, 0.05) is 34.6 Å². The fourth-order valence-electron chi connectivity index (χ4n) is 5.30. The molecule has 3 aliphatic rings. The minimum Gasteiger partial charge on any atom is -0.452 e. The minimum absolute atomic E-state index is 0.0397. The van der Waals surface area contributed by atoms with Crippen molar-refractivity contribution in [1.29, 1.82) is 0 Å². The zero-order valence-corrected chi connectivity index (χ0v) is 19.4. The molecule has 1 spiro atoms. The molecule has 6 heterocycles. The van der Waals surface area contributed by atoms with Crippen molar-refractivity contribution in [3.8, 4) is 22.6 Å². The van der Waals surface area contributed by atoms with E-state index >= 15 is 4.39 Å².